The Balaban J connectivity index is 2.10. The first kappa shape index (κ1) is 13.6. The number of H-pyrrole nitrogens is 1. The Morgan fingerprint density at radius 3 is 2.95 bits per heavy atom. The molecule has 0 aromatic carbocycles. The quantitative estimate of drug-likeness (QED) is 0.737. The fourth-order valence-corrected chi connectivity index (χ4v) is 3.74. The van der Waals surface area contributed by atoms with Gasteiger partial charge < -0.3 is 4.98 Å². The molecule has 1 N–H and O–H groups in total. The molecule has 0 fully saturated rings. The second-order valence-electron chi connectivity index (χ2n) is 5.08. The molecule has 106 valence electrons. The number of nitrogens with one attached hydrogen (secondary N) is 1. The van der Waals surface area contributed by atoms with Crippen molar-refractivity contribution in [3.63, 3.8) is 0 Å². The number of thiophene rings is 1. The van der Waals surface area contributed by atoms with Gasteiger partial charge in [-0.25, -0.2) is 4.68 Å². The molecule has 1 atom stereocenters. The molecule has 0 spiro atoms. The largest absolute Gasteiger partial charge is 0.328 e. The minimum Gasteiger partial charge on any atom is -0.328 e. The highest BCUT2D eigenvalue weighted by Gasteiger charge is 2.18. The molecular weight excluding hydrogens is 288 g/mol. The molecule has 0 aliphatic rings. The van der Waals surface area contributed by atoms with Crippen molar-refractivity contribution in [1.82, 2.24) is 19.3 Å². The summed E-state index contributed by atoms with van der Waals surface area (Å²) in [6, 6.07) is 2.49. The molecule has 3 heterocycles. The number of nitrogens with zero attached hydrogens (tertiary/aromatic N) is 3. The van der Waals surface area contributed by atoms with Gasteiger partial charge >= 0.3 is 0 Å². The Labute approximate surface area is 127 Å². The molecule has 0 aliphatic carbocycles. The SMILES string of the molecule is CCn1nc(C)c2[nH]c(=S)n(C(C)Cc3ccsc3)c21. The van der Waals surface area contributed by atoms with Crippen LogP contribution < -0.4 is 0 Å². The minimum atomic E-state index is 0.312. The Bertz CT molecular complexity index is 776. The van der Waals surface area contributed by atoms with Crippen LogP contribution >= 0.6 is 23.6 Å². The van der Waals surface area contributed by atoms with E-state index in [2.05, 4.69) is 45.3 Å². The van der Waals surface area contributed by atoms with E-state index in [0.717, 1.165) is 34.6 Å². The van der Waals surface area contributed by atoms with E-state index in [1.807, 2.05) is 11.6 Å². The fraction of sp³-hybridized carbons (Fsp3) is 0.429. The van der Waals surface area contributed by atoms with Crippen LogP contribution in [-0.2, 0) is 13.0 Å². The van der Waals surface area contributed by atoms with Crippen molar-refractivity contribution < 1.29 is 0 Å². The molecule has 3 rings (SSSR count). The van der Waals surface area contributed by atoms with Gasteiger partial charge in [-0.05, 0) is 61.8 Å². The van der Waals surface area contributed by atoms with E-state index < -0.39 is 0 Å². The van der Waals surface area contributed by atoms with Crippen molar-refractivity contribution in [1.29, 1.82) is 0 Å². The average Bonchev–Trinajstić information content (AvgIpc) is 3.08. The van der Waals surface area contributed by atoms with Crippen LogP contribution in [0.25, 0.3) is 11.2 Å². The lowest BCUT2D eigenvalue weighted by Gasteiger charge is -2.14. The van der Waals surface area contributed by atoms with Gasteiger partial charge in [0.2, 0.25) is 0 Å². The summed E-state index contributed by atoms with van der Waals surface area (Å²) < 4.78 is 5.01. The predicted octanol–water partition coefficient (Wildman–Crippen LogP) is 4.09. The number of aromatic amines is 1. The average molecular weight is 306 g/mol. The first-order chi connectivity index (χ1) is 9.61. The highest BCUT2D eigenvalue weighted by Crippen LogP contribution is 2.24. The molecule has 0 aliphatic heterocycles. The van der Waals surface area contributed by atoms with Gasteiger partial charge in [0.25, 0.3) is 0 Å². The number of hydrogen-bond donors (Lipinski definition) is 1. The van der Waals surface area contributed by atoms with E-state index in [1.54, 1.807) is 11.3 Å². The number of aryl methyl sites for hydroxylation is 2. The van der Waals surface area contributed by atoms with Gasteiger partial charge in [-0.15, -0.1) is 0 Å². The molecule has 3 aromatic heterocycles. The van der Waals surface area contributed by atoms with Crippen LogP contribution in [0.3, 0.4) is 0 Å². The zero-order valence-corrected chi connectivity index (χ0v) is 13.5. The Morgan fingerprint density at radius 1 is 1.50 bits per heavy atom. The van der Waals surface area contributed by atoms with Gasteiger partial charge in [-0.1, -0.05) is 0 Å². The number of hydrogen-bond acceptors (Lipinski definition) is 3. The summed E-state index contributed by atoms with van der Waals surface area (Å²) in [6.45, 7) is 7.19. The van der Waals surface area contributed by atoms with Crippen molar-refractivity contribution in [2.45, 2.75) is 39.8 Å². The molecule has 0 amide bonds. The molecule has 0 saturated carbocycles. The second kappa shape index (κ2) is 5.18. The van der Waals surface area contributed by atoms with Gasteiger partial charge in [0, 0.05) is 12.6 Å². The molecule has 4 nitrogen and oxygen atoms in total. The second-order valence-corrected chi connectivity index (χ2v) is 6.25. The van der Waals surface area contributed by atoms with Crippen molar-refractivity contribution in [2.24, 2.45) is 0 Å². The van der Waals surface area contributed by atoms with Gasteiger partial charge in [-0.2, -0.15) is 16.4 Å². The molecule has 0 saturated heterocycles. The third-order valence-electron chi connectivity index (χ3n) is 3.63. The van der Waals surface area contributed by atoms with Crippen LogP contribution in [0.2, 0.25) is 0 Å². The molecule has 6 heteroatoms. The summed E-state index contributed by atoms with van der Waals surface area (Å²) in [7, 11) is 0. The van der Waals surface area contributed by atoms with Crippen LogP contribution in [0.15, 0.2) is 16.8 Å². The highest BCUT2D eigenvalue weighted by molar-refractivity contribution is 7.71. The van der Waals surface area contributed by atoms with Crippen LogP contribution in [0.5, 0.6) is 0 Å². The normalized spacial score (nSPS) is 13.2. The van der Waals surface area contributed by atoms with E-state index in [4.69, 9.17) is 12.2 Å². The summed E-state index contributed by atoms with van der Waals surface area (Å²) in [5.41, 5.74) is 4.54. The van der Waals surface area contributed by atoms with Gasteiger partial charge in [0.05, 0.1) is 5.69 Å². The zero-order valence-electron chi connectivity index (χ0n) is 11.9. The zero-order chi connectivity index (χ0) is 14.3. The van der Waals surface area contributed by atoms with E-state index in [1.165, 1.54) is 5.56 Å². The molecular formula is C14H18N4S2. The predicted molar refractivity (Wildman–Crippen MR) is 86.1 cm³/mol. The molecule has 3 aromatic rings. The third kappa shape index (κ3) is 2.13. The lowest BCUT2D eigenvalue weighted by Crippen LogP contribution is -2.11. The van der Waals surface area contributed by atoms with Crippen LogP contribution in [0.4, 0.5) is 0 Å². The number of fused-ring (bicyclic) bond motifs is 1. The summed E-state index contributed by atoms with van der Waals surface area (Å²) in [4.78, 5) is 3.31. The van der Waals surface area contributed by atoms with E-state index in [9.17, 15) is 0 Å². The van der Waals surface area contributed by atoms with Crippen molar-refractivity contribution in [3.05, 3.63) is 32.9 Å². The standard InChI is InChI=1S/C14H18N4S2/c1-4-17-13-12(10(3)16-17)15-14(19)18(13)9(2)7-11-5-6-20-8-11/h5-6,8-9H,4,7H2,1-3H3,(H,15,19). The lowest BCUT2D eigenvalue weighted by molar-refractivity contribution is 0.531. The van der Waals surface area contributed by atoms with Crippen LogP contribution in [-0.4, -0.2) is 19.3 Å². The molecule has 0 bridgehead atoms. The van der Waals surface area contributed by atoms with E-state index >= 15 is 0 Å². The van der Waals surface area contributed by atoms with Crippen LogP contribution in [0.1, 0.15) is 31.1 Å². The van der Waals surface area contributed by atoms with E-state index in [0.29, 0.717) is 6.04 Å². The summed E-state index contributed by atoms with van der Waals surface area (Å²) in [5, 5.41) is 8.89. The van der Waals surface area contributed by atoms with Crippen LogP contribution in [0, 0.1) is 11.7 Å². The Morgan fingerprint density at radius 2 is 2.30 bits per heavy atom. The first-order valence-corrected chi connectivity index (χ1v) is 8.15. The Kier molecular flexibility index (Phi) is 3.52. The fourth-order valence-electron chi connectivity index (χ4n) is 2.69. The monoisotopic (exact) mass is 306 g/mol. The van der Waals surface area contributed by atoms with E-state index in [-0.39, 0.29) is 0 Å². The molecule has 1 unspecified atom stereocenters. The lowest BCUT2D eigenvalue weighted by atomic mass is 10.1. The minimum absolute atomic E-state index is 0.312. The van der Waals surface area contributed by atoms with Crippen molar-refractivity contribution in [2.75, 3.05) is 0 Å². The number of rotatable bonds is 4. The summed E-state index contributed by atoms with van der Waals surface area (Å²) in [5.74, 6) is 0. The first-order valence-electron chi connectivity index (χ1n) is 6.80. The maximum Gasteiger partial charge on any atom is 0.179 e. The Hall–Kier alpha value is -1.40. The van der Waals surface area contributed by atoms with Gasteiger partial charge in [0.15, 0.2) is 10.4 Å². The maximum absolute atomic E-state index is 5.51. The third-order valence-corrected chi connectivity index (χ3v) is 4.66. The highest BCUT2D eigenvalue weighted by atomic mass is 32.1. The maximum atomic E-state index is 5.51. The summed E-state index contributed by atoms with van der Waals surface area (Å²) >= 11 is 7.25. The number of aromatic nitrogens is 4. The topological polar surface area (TPSA) is 38.5 Å². The molecule has 0 radical (unpaired) electrons. The molecule has 20 heavy (non-hydrogen) atoms. The summed E-state index contributed by atoms with van der Waals surface area (Å²) in [6.07, 6.45) is 0.985. The van der Waals surface area contributed by atoms with Gasteiger partial charge in [0.1, 0.15) is 5.52 Å². The van der Waals surface area contributed by atoms with Gasteiger partial charge in [-0.3, -0.25) is 4.57 Å². The van der Waals surface area contributed by atoms with Crippen molar-refractivity contribution in [3.8, 4) is 0 Å². The number of imidazole rings is 1. The van der Waals surface area contributed by atoms with Crippen molar-refractivity contribution >= 4 is 34.7 Å². The smallest absolute Gasteiger partial charge is 0.179 e.